The number of allylic oxidation sites excluding steroid dienone is 2. The number of aldehydes is 1. The highest BCUT2D eigenvalue weighted by molar-refractivity contribution is 6.02. The Morgan fingerprint density at radius 2 is 1.61 bits per heavy atom. The Morgan fingerprint density at radius 1 is 0.884 bits per heavy atom. The Labute approximate surface area is 569 Å². The fourth-order valence-corrected chi connectivity index (χ4v) is 14.8. The summed E-state index contributed by atoms with van der Waals surface area (Å²) >= 11 is 0. The molecule has 6 unspecified atom stereocenters. The minimum Gasteiger partial charge on any atom is -0.508 e. The molecule has 6 heterocycles. The molecule has 0 spiro atoms. The number of carbonyl (C=O) groups is 3. The summed E-state index contributed by atoms with van der Waals surface area (Å²) < 4.78 is 41.4. The Kier molecular flexibility index (Phi) is 31.4. The lowest BCUT2D eigenvalue weighted by Gasteiger charge is -2.40. The number of rotatable bonds is 23. The van der Waals surface area contributed by atoms with E-state index in [0.717, 1.165) is 68.2 Å². The molecule has 0 bridgehead atoms. The molecule has 4 saturated heterocycles. The van der Waals surface area contributed by atoms with Crippen molar-refractivity contribution in [3.05, 3.63) is 88.1 Å². The van der Waals surface area contributed by atoms with E-state index in [-0.39, 0.29) is 58.3 Å². The van der Waals surface area contributed by atoms with Crippen molar-refractivity contribution in [2.45, 2.75) is 230 Å². The third-order valence-corrected chi connectivity index (χ3v) is 21.0. The SMILES string of the molecule is CC(CCC(C)C(=O)C(C)C)=C1CCC1.CC=O.CCCC(CCC(C)CC)CN1CCC(c2ccc(C)c(N(C)C(=O)CC)c2)CC1.CCc1c(F)ccc2cc(O)cc(-c3ncc4c(N5CCCC(C)(CO)C5)nc(OC)nc4c3F)c12.COCC1CCC2CCCN21. The van der Waals surface area contributed by atoms with Crippen LogP contribution in [0.4, 0.5) is 20.3 Å². The lowest BCUT2D eigenvalue weighted by atomic mass is 9.83. The number of piperidine rings is 2. The van der Waals surface area contributed by atoms with Crippen LogP contribution in [0.15, 0.2) is 59.8 Å². The van der Waals surface area contributed by atoms with Crippen molar-refractivity contribution in [3.63, 3.8) is 0 Å². The predicted molar refractivity (Wildman–Crippen MR) is 386 cm³/mol. The van der Waals surface area contributed by atoms with Crippen molar-refractivity contribution < 1.29 is 42.9 Å². The second-order valence-corrected chi connectivity index (χ2v) is 28.5. The van der Waals surface area contributed by atoms with E-state index in [1.54, 1.807) is 17.2 Å². The predicted octanol–water partition coefficient (Wildman–Crippen LogP) is 17.4. The summed E-state index contributed by atoms with van der Waals surface area (Å²) in [6.07, 6.45) is 25.9. The Morgan fingerprint density at radius 3 is 2.23 bits per heavy atom. The van der Waals surface area contributed by atoms with Crippen molar-refractivity contribution in [2.24, 2.45) is 29.1 Å². The number of fused-ring (bicyclic) bond motifs is 3. The summed E-state index contributed by atoms with van der Waals surface area (Å²) in [6, 6.07) is 14.2. The number of hydrogen-bond donors (Lipinski definition) is 2. The number of ether oxygens (including phenoxy) is 2. The normalized spacial score (nSPS) is 19.8. The van der Waals surface area contributed by atoms with Gasteiger partial charge in [0.2, 0.25) is 5.91 Å². The number of amides is 1. The molecule has 14 nitrogen and oxygen atoms in total. The lowest BCUT2D eigenvalue weighted by Crippen LogP contribution is -2.44. The van der Waals surface area contributed by atoms with E-state index >= 15 is 4.39 Å². The fraction of sp³-hybridized carbons (Fsp3) is 0.646. The Balaban J connectivity index is 0.000000215. The minimum atomic E-state index is -0.713. The molecule has 10 rings (SSSR count). The van der Waals surface area contributed by atoms with Gasteiger partial charge in [-0.2, -0.15) is 9.97 Å². The molecule has 5 fully saturated rings. The molecule has 5 aromatic rings. The molecule has 1 saturated carbocycles. The second-order valence-electron chi connectivity index (χ2n) is 28.5. The molecule has 4 aliphatic heterocycles. The van der Waals surface area contributed by atoms with Crippen LogP contribution in [-0.4, -0.2) is 139 Å². The van der Waals surface area contributed by atoms with E-state index in [4.69, 9.17) is 14.3 Å². The van der Waals surface area contributed by atoms with Gasteiger partial charge in [-0.1, -0.05) is 111 Å². The number of aliphatic hydroxyl groups is 1. The number of methoxy groups -OCH3 is 2. The number of Topliss-reactive ketones (excluding diaryl/α,β-unsaturated/α-hetero) is 1. The van der Waals surface area contributed by atoms with Crippen molar-refractivity contribution in [1.29, 1.82) is 0 Å². The fourth-order valence-electron chi connectivity index (χ4n) is 14.8. The monoisotopic (exact) mass is 1320 g/mol. The van der Waals surface area contributed by atoms with Crippen LogP contribution < -0.4 is 14.5 Å². The number of pyridine rings is 1. The molecular weight excluding hydrogens is 1200 g/mol. The molecule has 0 radical (unpaired) electrons. The molecule has 6 atom stereocenters. The molecule has 95 heavy (non-hydrogen) atoms. The van der Waals surface area contributed by atoms with Crippen molar-refractivity contribution >= 4 is 51.2 Å². The summed E-state index contributed by atoms with van der Waals surface area (Å²) in [4.78, 5) is 55.1. The number of halogens is 2. The maximum absolute atomic E-state index is 16.2. The first-order valence-electron chi connectivity index (χ1n) is 36.2. The number of ketones is 1. The largest absolute Gasteiger partial charge is 0.508 e. The van der Waals surface area contributed by atoms with Crippen LogP contribution in [-0.2, 0) is 25.5 Å². The zero-order valence-corrected chi connectivity index (χ0v) is 60.9. The van der Waals surface area contributed by atoms with Crippen LogP contribution in [0.25, 0.3) is 32.9 Å². The molecule has 3 aromatic carbocycles. The average molecular weight is 1320 g/mol. The molecule has 2 N–H and O–H groups in total. The Hall–Kier alpha value is -5.94. The maximum Gasteiger partial charge on any atom is 0.318 e. The number of benzene rings is 3. The molecule has 5 aliphatic rings. The highest BCUT2D eigenvalue weighted by atomic mass is 19.1. The van der Waals surface area contributed by atoms with Gasteiger partial charge >= 0.3 is 6.01 Å². The van der Waals surface area contributed by atoms with E-state index in [1.165, 1.54) is 166 Å². The number of likely N-dealkylation sites (tertiary alicyclic amines) is 1. The van der Waals surface area contributed by atoms with Crippen LogP contribution in [0.2, 0.25) is 0 Å². The van der Waals surface area contributed by atoms with Gasteiger partial charge in [-0.25, -0.2) is 8.78 Å². The van der Waals surface area contributed by atoms with Crippen molar-refractivity contribution in [2.75, 3.05) is 83.5 Å². The lowest BCUT2D eigenvalue weighted by molar-refractivity contribution is -0.125. The van der Waals surface area contributed by atoms with Gasteiger partial charge < -0.3 is 39.2 Å². The molecule has 16 heteroatoms. The first-order chi connectivity index (χ1) is 45.5. The topological polar surface area (TPSA) is 162 Å². The smallest absolute Gasteiger partial charge is 0.318 e. The summed E-state index contributed by atoms with van der Waals surface area (Å²) in [6.45, 7) is 31.9. The number of aliphatic hydroxyl groups excluding tert-OH is 1. The first kappa shape index (κ1) is 78.1. The van der Waals surface area contributed by atoms with Gasteiger partial charge in [-0.05, 0) is 213 Å². The van der Waals surface area contributed by atoms with E-state index in [0.29, 0.717) is 65.2 Å². The van der Waals surface area contributed by atoms with Crippen LogP contribution >= 0.6 is 0 Å². The third-order valence-electron chi connectivity index (χ3n) is 21.0. The number of phenols is 1. The molecule has 2 aromatic heterocycles. The standard InChI is InChI=1S/C27H28F2N4O3.C27H46N2O.C14H24O.C9H17NO.C2H4O/c1-4-17-20(28)7-6-15-10-16(35)11-18(21(15)17)23-22(29)24-19(12-30-23)25(32-26(31-24)36-3)33-9-5-8-27(2,13-33)14-34;1-7-10-23(13-11-21(4)8-2)20-29-17-15-24(16-18-29)25-14-12-22(5)26(19-25)28(6)27(30)9-3;1-10(2)14(15)12(4)9-8-11(3)13-6-5-7-13;1-11-7-9-5-4-8-3-2-6-10(8)9;1-2-3/h6-7,10-12,34-35H,4-5,8-9,13-14H2,1-3H3;12,14,19,21,23-24H,7-11,13,15-18,20H2,1-6H3;10,12H,5-9H2,1-4H3;8-9H,2-7H2,1H3;2H,1H3. The van der Waals surface area contributed by atoms with Crippen LogP contribution in [0.5, 0.6) is 11.8 Å². The van der Waals surface area contributed by atoms with Gasteiger partial charge in [0.05, 0.1) is 25.7 Å². The summed E-state index contributed by atoms with van der Waals surface area (Å²) in [5, 5.41) is 21.8. The number of phenolic OH excluding ortho intramolecular Hbond substituents is 1. The Bertz CT molecular complexity index is 3290. The highest BCUT2D eigenvalue weighted by Gasteiger charge is 2.37. The second kappa shape index (κ2) is 38.3. The summed E-state index contributed by atoms with van der Waals surface area (Å²) in [7, 11) is 5.13. The highest BCUT2D eigenvalue weighted by Crippen LogP contribution is 2.42. The first-order valence-corrected chi connectivity index (χ1v) is 36.2. The number of hydrogen-bond acceptors (Lipinski definition) is 13. The van der Waals surface area contributed by atoms with Crippen LogP contribution in [0.1, 0.15) is 221 Å². The van der Waals surface area contributed by atoms with E-state index in [9.17, 15) is 24.2 Å². The zero-order chi connectivity index (χ0) is 69.5. The number of carbonyl (C=O) groups excluding carboxylic acids is 3. The van der Waals surface area contributed by atoms with Gasteiger partial charge in [-0.15, -0.1) is 0 Å². The number of anilines is 2. The van der Waals surface area contributed by atoms with Gasteiger partial charge in [-0.3, -0.25) is 19.5 Å². The molecular formula is C79H119F2N7O7. The number of aromatic hydroxyl groups is 1. The van der Waals surface area contributed by atoms with Gasteiger partial charge in [0.25, 0.3) is 0 Å². The van der Waals surface area contributed by atoms with Crippen molar-refractivity contribution in [3.8, 4) is 23.0 Å². The van der Waals surface area contributed by atoms with E-state index in [1.807, 2.05) is 58.6 Å². The molecule has 1 amide bonds. The molecule has 1 aliphatic carbocycles. The minimum absolute atomic E-state index is 0.00545. The van der Waals surface area contributed by atoms with Gasteiger partial charge in [0.1, 0.15) is 40.7 Å². The van der Waals surface area contributed by atoms with Gasteiger partial charge in [0, 0.05) is 87.0 Å². The van der Waals surface area contributed by atoms with Gasteiger partial charge in [0.15, 0.2) is 5.82 Å². The molecule has 526 valence electrons. The average Bonchev–Trinajstić information content (AvgIpc) is 1.51. The zero-order valence-electron chi connectivity index (χ0n) is 60.9. The van der Waals surface area contributed by atoms with Crippen LogP contribution in [0, 0.1) is 47.6 Å². The number of nitrogens with zero attached hydrogens (tertiary/aromatic N) is 7. The van der Waals surface area contributed by atoms with Crippen molar-refractivity contribution in [1.82, 2.24) is 24.8 Å². The van der Waals surface area contributed by atoms with Crippen LogP contribution in [0.3, 0.4) is 0 Å². The summed E-state index contributed by atoms with van der Waals surface area (Å²) in [5.41, 5.74) is 7.23. The number of aromatic nitrogens is 3. The third kappa shape index (κ3) is 21.3. The summed E-state index contributed by atoms with van der Waals surface area (Å²) in [5.74, 6) is 2.67. The number of aryl methyl sites for hydroxylation is 2. The van der Waals surface area contributed by atoms with E-state index in [2.05, 4.69) is 84.5 Å². The quantitative estimate of drug-likeness (QED) is 0.0470. The van der Waals surface area contributed by atoms with E-state index < -0.39 is 11.6 Å². The maximum atomic E-state index is 16.2.